The first-order valence-electron chi connectivity index (χ1n) is 14.8. The summed E-state index contributed by atoms with van der Waals surface area (Å²) in [6.07, 6.45) is 1.48. The summed E-state index contributed by atoms with van der Waals surface area (Å²) in [6, 6.07) is 8.82. The summed E-state index contributed by atoms with van der Waals surface area (Å²) in [4.78, 5) is 63.0. The minimum Gasteiger partial charge on any atom is -0.495 e. The molecule has 0 radical (unpaired) electrons. The monoisotopic (exact) mass is 625 g/mol. The highest BCUT2D eigenvalue weighted by Gasteiger charge is 2.45. The Morgan fingerprint density at radius 3 is 2.31 bits per heavy atom. The standard InChI is InChI=1S/C31H39N5O9/c1-42-25-19-20(7-8-22(25)32)28(38)34-12-4-14-44-16-18-45-17-15-43-13-3-11-33-23-6-2-5-21-27(23)31(41)36(30(21)40)24-9-10-26(37)35-29(24)39/h2,5-8,19,24,33H,3-4,9-18,32H2,1H3,(H,34,38)(H,35,37,39). The van der Waals surface area contributed by atoms with Gasteiger partial charge in [0.15, 0.2) is 0 Å². The van der Waals surface area contributed by atoms with Crippen LogP contribution in [0.3, 0.4) is 0 Å². The van der Waals surface area contributed by atoms with E-state index in [0.717, 1.165) is 4.90 Å². The molecule has 5 amide bonds. The van der Waals surface area contributed by atoms with Crippen LogP contribution in [0.2, 0.25) is 0 Å². The zero-order valence-corrected chi connectivity index (χ0v) is 25.2. The Morgan fingerprint density at radius 1 is 0.933 bits per heavy atom. The fourth-order valence-electron chi connectivity index (χ4n) is 4.93. The molecule has 0 saturated carbocycles. The van der Waals surface area contributed by atoms with Gasteiger partial charge in [0.1, 0.15) is 11.8 Å². The van der Waals surface area contributed by atoms with Gasteiger partial charge in [-0.15, -0.1) is 0 Å². The zero-order chi connectivity index (χ0) is 32.2. The van der Waals surface area contributed by atoms with Gasteiger partial charge in [-0.1, -0.05) is 6.07 Å². The van der Waals surface area contributed by atoms with Gasteiger partial charge in [-0.05, 0) is 49.6 Å². The Morgan fingerprint density at radius 2 is 1.62 bits per heavy atom. The highest BCUT2D eigenvalue weighted by atomic mass is 16.5. The van der Waals surface area contributed by atoms with E-state index in [0.29, 0.717) is 88.3 Å². The van der Waals surface area contributed by atoms with Gasteiger partial charge < -0.3 is 35.3 Å². The minimum atomic E-state index is -1.00. The molecule has 1 saturated heterocycles. The van der Waals surface area contributed by atoms with Crippen molar-refractivity contribution in [2.45, 2.75) is 31.7 Å². The number of hydrogen-bond donors (Lipinski definition) is 4. The number of nitrogens with two attached hydrogens (primary N) is 1. The van der Waals surface area contributed by atoms with Crippen LogP contribution in [0.15, 0.2) is 36.4 Å². The topological polar surface area (TPSA) is 188 Å². The summed E-state index contributed by atoms with van der Waals surface area (Å²) >= 11 is 0. The van der Waals surface area contributed by atoms with Crippen LogP contribution < -0.4 is 26.4 Å². The van der Waals surface area contributed by atoms with Crippen LogP contribution in [0.4, 0.5) is 11.4 Å². The molecule has 1 fully saturated rings. The van der Waals surface area contributed by atoms with Gasteiger partial charge >= 0.3 is 0 Å². The second kappa shape index (κ2) is 16.5. The summed E-state index contributed by atoms with van der Waals surface area (Å²) in [6.45, 7) is 3.59. The van der Waals surface area contributed by atoms with Gasteiger partial charge in [0, 0.05) is 44.0 Å². The van der Waals surface area contributed by atoms with Gasteiger partial charge in [-0.25, -0.2) is 0 Å². The van der Waals surface area contributed by atoms with Crippen LogP contribution in [-0.2, 0) is 23.8 Å². The average molecular weight is 626 g/mol. The van der Waals surface area contributed by atoms with Gasteiger partial charge in [0.25, 0.3) is 17.7 Å². The van der Waals surface area contributed by atoms with Crippen LogP contribution in [0, 0.1) is 0 Å². The number of rotatable bonds is 18. The number of carbonyl (C=O) groups excluding carboxylic acids is 5. The van der Waals surface area contributed by atoms with Crippen molar-refractivity contribution in [3.05, 3.63) is 53.1 Å². The SMILES string of the molecule is COc1cc(C(=O)NCCCOCCOCCOCCCNc2cccc3c2C(=O)N(C2CCC(=O)NC2=O)C3=O)ccc1N. The smallest absolute Gasteiger partial charge is 0.264 e. The molecule has 14 heteroatoms. The number of nitrogen functional groups attached to an aromatic ring is 1. The van der Waals surface area contributed by atoms with Crippen LogP contribution in [-0.4, -0.2) is 100 Å². The Hall–Kier alpha value is -4.53. The van der Waals surface area contributed by atoms with Crippen molar-refractivity contribution in [1.29, 1.82) is 0 Å². The van der Waals surface area contributed by atoms with E-state index in [4.69, 9.17) is 24.7 Å². The molecule has 242 valence electrons. The van der Waals surface area contributed by atoms with Crippen LogP contribution in [0.25, 0.3) is 0 Å². The van der Waals surface area contributed by atoms with Gasteiger partial charge in [-0.3, -0.25) is 34.2 Å². The first-order valence-corrected chi connectivity index (χ1v) is 14.8. The van der Waals surface area contributed by atoms with Crippen molar-refractivity contribution in [1.82, 2.24) is 15.5 Å². The third-order valence-electron chi connectivity index (χ3n) is 7.24. The largest absolute Gasteiger partial charge is 0.495 e. The fraction of sp³-hybridized carbons (Fsp3) is 0.452. The fourth-order valence-corrected chi connectivity index (χ4v) is 4.93. The summed E-state index contributed by atoms with van der Waals surface area (Å²) in [5, 5.41) is 8.21. The number of fused-ring (bicyclic) bond motifs is 1. The molecule has 0 aliphatic carbocycles. The number of nitrogens with zero attached hydrogens (tertiary/aromatic N) is 1. The van der Waals surface area contributed by atoms with Crippen molar-refractivity contribution in [3.8, 4) is 5.75 Å². The highest BCUT2D eigenvalue weighted by molar-refractivity contribution is 6.25. The molecule has 2 heterocycles. The average Bonchev–Trinajstić information content (AvgIpc) is 3.28. The molecule has 2 aromatic carbocycles. The molecule has 0 spiro atoms. The molecule has 2 aliphatic heterocycles. The van der Waals surface area contributed by atoms with E-state index in [1.54, 1.807) is 36.4 Å². The molecule has 1 atom stereocenters. The van der Waals surface area contributed by atoms with E-state index in [1.165, 1.54) is 7.11 Å². The number of carbonyl (C=O) groups is 5. The number of hydrogen-bond acceptors (Lipinski definition) is 11. The van der Waals surface area contributed by atoms with Crippen molar-refractivity contribution >= 4 is 40.9 Å². The lowest BCUT2D eigenvalue weighted by Gasteiger charge is -2.27. The Balaban J connectivity index is 1.02. The van der Waals surface area contributed by atoms with E-state index < -0.39 is 29.7 Å². The third-order valence-corrected chi connectivity index (χ3v) is 7.24. The predicted octanol–water partition coefficient (Wildman–Crippen LogP) is 1.35. The van der Waals surface area contributed by atoms with E-state index in [1.807, 2.05) is 0 Å². The van der Waals surface area contributed by atoms with E-state index in [9.17, 15) is 24.0 Å². The van der Waals surface area contributed by atoms with E-state index >= 15 is 0 Å². The Bertz CT molecular complexity index is 1400. The van der Waals surface area contributed by atoms with Crippen molar-refractivity contribution in [2.75, 3.05) is 70.9 Å². The lowest BCUT2D eigenvalue weighted by Crippen LogP contribution is -2.54. The number of nitrogens with one attached hydrogen (secondary N) is 3. The second-order valence-electron chi connectivity index (χ2n) is 10.4. The Kier molecular flexibility index (Phi) is 12.2. The molecule has 1 unspecified atom stereocenters. The van der Waals surface area contributed by atoms with Crippen LogP contribution in [0.5, 0.6) is 5.75 Å². The third kappa shape index (κ3) is 8.77. The number of methoxy groups -OCH3 is 1. The lowest BCUT2D eigenvalue weighted by molar-refractivity contribution is -0.136. The summed E-state index contributed by atoms with van der Waals surface area (Å²) in [5.74, 6) is -1.89. The van der Waals surface area contributed by atoms with E-state index in [2.05, 4.69) is 16.0 Å². The zero-order valence-electron chi connectivity index (χ0n) is 25.2. The van der Waals surface area contributed by atoms with Crippen molar-refractivity contribution in [3.63, 3.8) is 0 Å². The number of benzene rings is 2. The van der Waals surface area contributed by atoms with Crippen LogP contribution >= 0.6 is 0 Å². The van der Waals surface area contributed by atoms with Gasteiger partial charge in [-0.2, -0.15) is 0 Å². The number of piperidine rings is 1. The first-order chi connectivity index (χ1) is 21.8. The summed E-state index contributed by atoms with van der Waals surface area (Å²) < 4.78 is 21.8. The quantitative estimate of drug-likeness (QED) is 0.106. The maximum Gasteiger partial charge on any atom is 0.264 e. The molecular weight excluding hydrogens is 586 g/mol. The molecule has 14 nitrogen and oxygen atoms in total. The molecule has 4 rings (SSSR count). The molecule has 5 N–H and O–H groups in total. The first kappa shape index (κ1) is 33.4. The molecule has 2 aromatic rings. The molecule has 2 aliphatic rings. The second-order valence-corrected chi connectivity index (χ2v) is 10.4. The van der Waals surface area contributed by atoms with Crippen molar-refractivity contribution < 1.29 is 42.9 Å². The number of anilines is 2. The maximum absolute atomic E-state index is 13.1. The molecule has 0 bridgehead atoms. The summed E-state index contributed by atoms with van der Waals surface area (Å²) in [5.41, 5.74) is 7.69. The van der Waals surface area contributed by atoms with E-state index in [-0.39, 0.29) is 29.9 Å². The Labute approximate surface area is 260 Å². The number of imide groups is 2. The predicted molar refractivity (Wildman–Crippen MR) is 163 cm³/mol. The molecule has 45 heavy (non-hydrogen) atoms. The maximum atomic E-state index is 13.1. The van der Waals surface area contributed by atoms with Crippen molar-refractivity contribution in [2.24, 2.45) is 0 Å². The van der Waals surface area contributed by atoms with Crippen LogP contribution in [0.1, 0.15) is 56.8 Å². The van der Waals surface area contributed by atoms with Gasteiger partial charge in [0.05, 0.1) is 50.4 Å². The lowest BCUT2D eigenvalue weighted by atomic mass is 10.0. The number of amides is 5. The molecule has 0 aromatic heterocycles. The minimum absolute atomic E-state index is 0.0694. The summed E-state index contributed by atoms with van der Waals surface area (Å²) in [7, 11) is 1.50. The highest BCUT2D eigenvalue weighted by Crippen LogP contribution is 2.32. The van der Waals surface area contributed by atoms with Gasteiger partial charge in [0.2, 0.25) is 11.8 Å². The molecular formula is C31H39N5O9. The number of ether oxygens (including phenoxy) is 4. The normalized spacial score (nSPS) is 16.0.